The fraction of sp³-hybridized carbons (Fsp3) is 0.758. The monoisotopic (exact) mass is 1080 g/mol. The van der Waals surface area contributed by atoms with Gasteiger partial charge in [0, 0.05) is 12.8 Å². The van der Waals surface area contributed by atoms with Crippen molar-refractivity contribution in [3.63, 3.8) is 0 Å². The number of nitrogens with zero attached hydrogens (tertiary/aromatic N) is 1. The molecule has 3 atom stereocenters. The second kappa shape index (κ2) is 55.5. The number of esters is 1. The van der Waals surface area contributed by atoms with E-state index in [2.05, 4.69) is 92.9 Å². The highest BCUT2D eigenvalue weighted by Crippen LogP contribution is 2.43. The van der Waals surface area contributed by atoms with Gasteiger partial charge in [0.05, 0.1) is 33.8 Å². The van der Waals surface area contributed by atoms with Gasteiger partial charge in [0.25, 0.3) is 0 Å². The van der Waals surface area contributed by atoms with E-state index in [1.54, 1.807) is 0 Å². The van der Waals surface area contributed by atoms with Crippen molar-refractivity contribution in [1.29, 1.82) is 0 Å². The number of hydrogen-bond donors (Lipinski definition) is 2. The Morgan fingerprint density at radius 2 is 0.816 bits per heavy atom. The number of phosphoric ester groups is 1. The molecule has 1 amide bonds. The van der Waals surface area contributed by atoms with E-state index in [1.807, 2.05) is 39.4 Å². The van der Waals surface area contributed by atoms with Crippen LogP contribution in [0.2, 0.25) is 0 Å². The zero-order chi connectivity index (χ0) is 55.7. The van der Waals surface area contributed by atoms with Crippen molar-refractivity contribution in [2.45, 2.75) is 283 Å². The molecule has 10 heteroatoms. The van der Waals surface area contributed by atoms with Crippen LogP contribution < -0.4 is 5.32 Å². The van der Waals surface area contributed by atoms with Gasteiger partial charge in [-0.2, -0.15) is 0 Å². The highest BCUT2D eigenvalue weighted by atomic mass is 31.2. The molecule has 0 aromatic rings. The Balaban J connectivity index is 5.20. The van der Waals surface area contributed by atoms with Crippen LogP contribution in [0.4, 0.5) is 0 Å². The predicted octanol–water partition coefficient (Wildman–Crippen LogP) is 19.4. The Kier molecular flexibility index (Phi) is 53.5. The van der Waals surface area contributed by atoms with Gasteiger partial charge in [-0.1, -0.05) is 247 Å². The summed E-state index contributed by atoms with van der Waals surface area (Å²) in [4.78, 5) is 37.6. The third kappa shape index (κ3) is 55.9. The Morgan fingerprint density at radius 3 is 1.25 bits per heavy atom. The van der Waals surface area contributed by atoms with Crippen LogP contribution in [0.15, 0.2) is 85.1 Å². The maximum atomic E-state index is 13.5. The SMILES string of the molecule is CCCCC/C=C\C/C=C\C/C=C\C/C=C\CCCCCCCCCCCC(=O)NC(COP(=O)(O)OCC[N+](C)(C)C)C(/C=C\CCCCCCCCCCCC)OC(=O)CC/C=C/C/C=C\CCCCCCCC. The summed E-state index contributed by atoms with van der Waals surface area (Å²) in [6.07, 6.45) is 73.1. The Morgan fingerprint density at radius 1 is 0.461 bits per heavy atom. The first kappa shape index (κ1) is 73.2. The highest BCUT2D eigenvalue weighted by molar-refractivity contribution is 7.47. The van der Waals surface area contributed by atoms with Crippen molar-refractivity contribution in [2.24, 2.45) is 0 Å². The topological polar surface area (TPSA) is 111 Å². The third-order valence-electron chi connectivity index (χ3n) is 13.6. The molecule has 0 saturated carbocycles. The maximum Gasteiger partial charge on any atom is 0.472 e. The Labute approximate surface area is 469 Å². The van der Waals surface area contributed by atoms with Crippen molar-refractivity contribution in [1.82, 2.24) is 5.32 Å². The van der Waals surface area contributed by atoms with Crippen LogP contribution in [-0.2, 0) is 27.9 Å². The number of quaternary nitrogens is 1. The van der Waals surface area contributed by atoms with Gasteiger partial charge in [-0.3, -0.25) is 18.6 Å². The van der Waals surface area contributed by atoms with Crippen LogP contribution in [0, 0.1) is 0 Å². The van der Waals surface area contributed by atoms with Gasteiger partial charge < -0.3 is 19.4 Å². The smallest absolute Gasteiger partial charge is 0.456 e. The van der Waals surface area contributed by atoms with Gasteiger partial charge in [0.2, 0.25) is 5.91 Å². The first-order chi connectivity index (χ1) is 36.9. The fourth-order valence-electron chi connectivity index (χ4n) is 8.68. The first-order valence-corrected chi connectivity index (χ1v) is 32.9. The van der Waals surface area contributed by atoms with Crippen LogP contribution in [0.5, 0.6) is 0 Å². The number of carbonyl (C=O) groups is 2. The van der Waals surface area contributed by atoms with E-state index >= 15 is 0 Å². The third-order valence-corrected chi connectivity index (χ3v) is 14.6. The molecule has 0 spiro atoms. The number of nitrogens with one attached hydrogen (secondary N) is 1. The molecule has 0 fully saturated rings. The number of phosphoric acid groups is 1. The summed E-state index contributed by atoms with van der Waals surface area (Å²) in [5.41, 5.74) is 0. The number of rotatable bonds is 56. The van der Waals surface area contributed by atoms with E-state index in [0.717, 1.165) is 83.5 Å². The summed E-state index contributed by atoms with van der Waals surface area (Å²) >= 11 is 0. The normalized spacial score (nSPS) is 14.2. The molecule has 0 saturated heterocycles. The van der Waals surface area contributed by atoms with Crippen LogP contribution in [0.3, 0.4) is 0 Å². The number of ether oxygens (including phenoxy) is 1. The van der Waals surface area contributed by atoms with E-state index in [4.69, 9.17) is 13.8 Å². The number of likely N-dealkylation sites (N-methyl/N-ethyl adjacent to an activating group) is 1. The van der Waals surface area contributed by atoms with Gasteiger partial charge in [-0.15, -0.1) is 0 Å². The van der Waals surface area contributed by atoms with Crippen LogP contribution >= 0.6 is 7.82 Å². The molecule has 76 heavy (non-hydrogen) atoms. The maximum absolute atomic E-state index is 13.5. The number of carbonyl (C=O) groups excluding carboxylic acids is 2. The van der Waals surface area contributed by atoms with E-state index in [1.165, 1.54) is 148 Å². The van der Waals surface area contributed by atoms with E-state index in [-0.39, 0.29) is 25.5 Å². The first-order valence-electron chi connectivity index (χ1n) is 31.4. The van der Waals surface area contributed by atoms with Crippen molar-refractivity contribution < 1.29 is 37.3 Å². The number of allylic oxidation sites excluding steroid dienone is 13. The lowest BCUT2D eigenvalue weighted by molar-refractivity contribution is -0.870. The summed E-state index contributed by atoms with van der Waals surface area (Å²) in [6, 6.07) is -0.877. The minimum Gasteiger partial charge on any atom is -0.456 e. The molecular weight excluding hydrogens is 964 g/mol. The summed E-state index contributed by atoms with van der Waals surface area (Å²) in [7, 11) is 1.46. The zero-order valence-corrected chi connectivity index (χ0v) is 51.1. The molecule has 0 bridgehead atoms. The molecule has 0 aromatic heterocycles. The van der Waals surface area contributed by atoms with Gasteiger partial charge in [0.15, 0.2) is 0 Å². The average Bonchev–Trinajstić information content (AvgIpc) is 3.38. The van der Waals surface area contributed by atoms with Crippen molar-refractivity contribution in [3.8, 4) is 0 Å². The van der Waals surface area contributed by atoms with Gasteiger partial charge in [-0.05, 0) is 96.0 Å². The van der Waals surface area contributed by atoms with Crippen LogP contribution in [-0.4, -0.2) is 74.3 Å². The molecule has 9 nitrogen and oxygen atoms in total. The molecule has 440 valence electrons. The van der Waals surface area contributed by atoms with Crippen LogP contribution in [0.25, 0.3) is 0 Å². The zero-order valence-electron chi connectivity index (χ0n) is 50.2. The Hall–Kier alpha value is -2.81. The lowest BCUT2D eigenvalue weighted by Crippen LogP contribution is -2.47. The van der Waals surface area contributed by atoms with Gasteiger partial charge >= 0.3 is 13.8 Å². The molecule has 2 N–H and O–H groups in total. The lowest BCUT2D eigenvalue weighted by Gasteiger charge is -2.27. The second-order valence-corrected chi connectivity index (χ2v) is 23.7. The predicted molar refractivity (Wildman–Crippen MR) is 328 cm³/mol. The molecule has 0 aliphatic carbocycles. The van der Waals surface area contributed by atoms with E-state index in [0.29, 0.717) is 23.9 Å². The largest absolute Gasteiger partial charge is 0.472 e. The number of hydrogen-bond acceptors (Lipinski definition) is 6. The van der Waals surface area contributed by atoms with Gasteiger partial charge in [0.1, 0.15) is 19.3 Å². The summed E-state index contributed by atoms with van der Waals surface area (Å²) < 4.78 is 30.6. The molecule has 3 unspecified atom stereocenters. The number of unbranched alkanes of at least 4 members (excludes halogenated alkanes) is 28. The summed E-state index contributed by atoms with van der Waals surface area (Å²) in [5, 5.41) is 3.04. The standard InChI is InChI=1S/C66H119N2O7P/c1-7-10-13-16-19-22-25-28-29-30-31-32-33-34-35-36-37-38-39-41-43-46-49-52-55-58-65(69)67-63(62-74-76(71,72)73-61-60-68(4,5)6)64(57-54-51-48-45-42-27-24-21-18-15-12-9-3)75-66(70)59-56-53-50-47-44-40-26-23-20-17-14-11-8-2/h19,22,28-29,31-32,34-35,40,44,50,53-54,57,63-64H,7-18,20-21,23-27,30,33,36-39,41-43,45-49,51-52,55-56,58-62H2,1-6H3,(H-,67,69,71,72)/p+1/b22-19-,29-28-,32-31-,35-34-,44-40-,53-50+,57-54-. The Bertz CT molecular complexity index is 1580. The minimum atomic E-state index is -4.46. The van der Waals surface area contributed by atoms with Crippen LogP contribution in [0.1, 0.15) is 271 Å². The van der Waals surface area contributed by atoms with Gasteiger partial charge in [-0.25, -0.2) is 4.57 Å². The molecule has 0 radical (unpaired) electrons. The minimum absolute atomic E-state index is 0.0284. The van der Waals surface area contributed by atoms with Crippen molar-refractivity contribution in [2.75, 3.05) is 40.9 Å². The molecular formula is C66H120N2O7P+. The van der Waals surface area contributed by atoms with E-state index < -0.39 is 25.9 Å². The molecule has 0 aliphatic rings. The van der Waals surface area contributed by atoms with Crippen molar-refractivity contribution in [3.05, 3.63) is 85.1 Å². The number of amides is 1. The summed E-state index contributed by atoms with van der Waals surface area (Å²) in [6.45, 7) is 6.93. The molecule has 0 rings (SSSR count). The summed E-state index contributed by atoms with van der Waals surface area (Å²) in [5.74, 6) is -0.591. The van der Waals surface area contributed by atoms with Crippen molar-refractivity contribution >= 4 is 19.7 Å². The molecule has 0 aliphatic heterocycles. The quantitative estimate of drug-likeness (QED) is 0.0205. The second-order valence-electron chi connectivity index (χ2n) is 22.2. The molecule has 0 aromatic carbocycles. The molecule has 0 heterocycles. The average molecular weight is 1080 g/mol. The lowest BCUT2D eigenvalue weighted by atomic mass is 10.0. The highest BCUT2D eigenvalue weighted by Gasteiger charge is 2.30. The fourth-order valence-corrected chi connectivity index (χ4v) is 9.42. The van der Waals surface area contributed by atoms with E-state index in [9.17, 15) is 19.0 Å².